The van der Waals surface area contributed by atoms with Crippen molar-refractivity contribution in [3.63, 3.8) is 0 Å². The Kier molecular flexibility index (Phi) is 10.2. The quantitative estimate of drug-likeness (QED) is 0.711. The van der Waals surface area contributed by atoms with Gasteiger partial charge in [0.2, 0.25) is 0 Å². The van der Waals surface area contributed by atoms with Crippen LogP contribution in [0, 0.1) is 0 Å². The van der Waals surface area contributed by atoms with Crippen molar-refractivity contribution in [1.29, 1.82) is 0 Å². The van der Waals surface area contributed by atoms with Gasteiger partial charge >= 0.3 is 0 Å². The van der Waals surface area contributed by atoms with E-state index in [9.17, 15) is 0 Å². The van der Waals surface area contributed by atoms with E-state index in [4.69, 9.17) is 0 Å². The molecule has 0 amide bonds. The molecule has 0 atom stereocenters. The van der Waals surface area contributed by atoms with Crippen LogP contribution in [0.2, 0.25) is 0 Å². The number of anilines is 1. The third-order valence-corrected chi connectivity index (χ3v) is 2.32. The summed E-state index contributed by atoms with van der Waals surface area (Å²) in [6.07, 6.45) is 17.2. The Morgan fingerprint density at radius 2 is 1.89 bits per heavy atom. The lowest BCUT2D eigenvalue weighted by Crippen LogP contribution is -2.10. The first-order valence-corrected chi connectivity index (χ1v) is 6.81. The van der Waals surface area contributed by atoms with Crippen molar-refractivity contribution in [2.75, 3.05) is 19.0 Å². The highest BCUT2D eigenvalue weighted by Gasteiger charge is 1.99. The predicted octanol–water partition coefficient (Wildman–Crippen LogP) is 4.71. The van der Waals surface area contributed by atoms with Gasteiger partial charge in [0.1, 0.15) is 0 Å². The van der Waals surface area contributed by atoms with Crippen LogP contribution in [0.5, 0.6) is 0 Å². The zero-order chi connectivity index (χ0) is 14.5. The van der Waals surface area contributed by atoms with Gasteiger partial charge in [0, 0.05) is 25.9 Å². The molecule has 0 aliphatic heterocycles. The van der Waals surface area contributed by atoms with Crippen LogP contribution in [0.1, 0.15) is 32.8 Å². The third-order valence-electron chi connectivity index (χ3n) is 2.32. The molecule has 0 bridgehead atoms. The van der Waals surface area contributed by atoms with Crippen molar-refractivity contribution in [3.8, 4) is 0 Å². The first-order chi connectivity index (χ1) is 9.25. The van der Waals surface area contributed by atoms with Crippen LogP contribution in [-0.4, -0.2) is 19.1 Å². The van der Waals surface area contributed by atoms with Crippen molar-refractivity contribution in [2.45, 2.75) is 27.2 Å². The second kappa shape index (κ2) is 11.3. The van der Waals surface area contributed by atoms with E-state index < -0.39 is 0 Å². The average molecular weight is 258 g/mol. The summed E-state index contributed by atoms with van der Waals surface area (Å²) >= 11 is 0. The number of allylic oxidation sites excluding steroid dienone is 5. The molecule has 0 aliphatic carbocycles. The number of aromatic nitrogens is 1. The Morgan fingerprint density at radius 1 is 1.16 bits per heavy atom. The molecule has 104 valence electrons. The molecule has 0 saturated heterocycles. The molecule has 19 heavy (non-hydrogen) atoms. The molecule has 0 fully saturated rings. The number of pyridine rings is 1. The highest BCUT2D eigenvalue weighted by Crippen LogP contribution is 2.17. The summed E-state index contributed by atoms with van der Waals surface area (Å²) in [6, 6.07) is 2.03. The molecule has 0 saturated carbocycles. The van der Waals surface area contributed by atoms with Crippen molar-refractivity contribution < 1.29 is 0 Å². The summed E-state index contributed by atoms with van der Waals surface area (Å²) < 4.78 is 0. The maximum Gasteiger partial charge on any atom is 0.0620 e. The third kappa shape index (κ3) is 7.24. The van der Waals surface area contributed by atoms with Gasteiger partial charge in [-0.1, -0.05) is 50.3 Å². The number of nitrogens with zero attached hydrogens (tertiary/aromatic N) is 2. The predicted molar refractivity (Wildman–Crippen MR) is 87.5 cm³/mol. The summed E-state index contributed by atoms with van der Waals surface area (Å²) in [6.45, 7) is 6.01. The van der Waals surface area contributed by atoms with E-state index in [1.165, 1.54) is 5.56 Å². The van der Waals surface area contributed by atoms with E-state index in [1.807, 2.05) is 65.5 Å². The van der Waals surface area contributed by atoms with Gasteiger partial charge in [-0.15, -0.1) is 0 Å². The number of rotatable bonds is 5. The monoisotopic (exact) mass is 258 g/mol. The molecular formula is C17H26N2. The Morgan fingerprint density at radius 3 is 2.53 bits per heavy atom. The maximum atomic E-state index is 4.14. The lowest BCUT2D eigenvalue weighted by atomic mass is 10.2. The summed E-state index contributed by atoms with van der Waals surface area (Å²) in [4.78, 5) is 6.21. The van der Waals surface area contributed by atoms with Crippen LogP contribution in [0.4, 0.5) is 5.69 Å². The van der Waals surface area contributed by atoms with Gasteiger partial charge in [0.05, 0.1) is 11.9 Å². The highest BCUT2D eigenvalue weighted by molar-refractivity contribution is 5.66. The molecular weight excluding hydrogens is 232 g/mol. The summed E-state index contributed by atoms with van der Waals surface area (Å²) in [5.74, 6) is 0. The van der Waals surface area contributed by atoms with Gasteiger partial charge in [-0.25, -0.2) is 0 Å². The lowest BCUT2D eigenvalue weighted by Gasteiger charge is -2.14. The molecule has 0 unspecified atom stereocenters. The largest absolute Gasteiger partial charge is 0.376 e. The molecule has 1 heterocycles. The van der Waals surface area contributed by atoms with Crippen molar-refractivity contribution in [3.05, 3.63) is 54.4 Å². The van der Waals surface area contributed by atoms with E-state index >= 15 is 0 Å². The molecule has 0 aromatic carbocycles. The molecule has 1 aromatic heterocycles. The van der Waals surface area contributed by atoms with Gasteiger partial charge < -0.3 is 4.90 Å². The van der Waals surface area contributed by atoms with Gasteiger partial charge in [-0.05, 0) is 19.4 Å². The summed E-state index contributed by atoms with van der Waals surface area (Å²) in [5.41, 5.74) is 2.34. The second-order valence-electron chi connectivity index (χ2n) is 3.92. The number of hydrogen-bond acceptors (Lipinski definition) is 2. The molecule has 2 nitrogen and oxygen atoms in total. The molecule has 0 N–H and O–H groups in total. The molecule has 2 heteroatoms. The minimum absolute atomic E-state index is 0.944. The fourth-order valence-corrected chi connectivity index (χ4v) is 1.45. The van der Waals surface area contributed by atoms with Crippen LogP contribution >= 0.6 is 0 Å². The first-order valence-electron chi connectivity index (χ1n) is 6.81. The molecule has 0 radical (unpaired) electrons. The van der Waals surface area contributed by atoms with Crippen molar-refractivity contribution >= 4 is 11.8 Å². The SMILES string of the molecule is C/C=C\C=CC/C=C/c1ccncc1N(C)C.CC. The Hall–Kier alpha value is -1.83. The van der Waals surface area contributed by atoms with Crippen LogP contribution in [0.3, 0.4) is 0 Å². The minimum atomic E-state index is 0.944. The van der Waals surface area contributed by atoms with Crippen LogP contribution in [-0.2, 0) is 0 Å². The molecule has 1 aromatic rings. The Bertz CT molecular complexity index is 415. The van der Waals surface area contributed by atoms with Gasteiger partial charge in [-0.2, -0.15) is 0 Å². The zero-order valence-corrected chi connectivity index (χ0v) is 12.8. The lowest BCUT2D eigenvalue weighted by molar-refractivity contribution is 1.11. The van der Waals surface area contributed by atoms with E-state index in [-0.39, 0.29) is 0 Å². The van der Waals surface area contributed by atoms with Crippen LogP contribution in [0.15, 0.2) is 48.8 Å². The van der Waals surface area contributed by atoms with E-state index in [0.717, 1.165) is 12.1 Å². The number of hydrogen-bond donors (Lipinski definition) is 0. The van der Waals surface area contributed by atoms with Crippen LogP contribution < -0.4 is 4.90 Å². The Labute approximate surface area is 118 Å². The standard InChI is InChI=1S/C15H20N2.C2H6/c1-4-5-6-7-8-9-10-14-11-12-16-13-15(14)17(2)3;1-2/h4-7,9-13H,8H2,1-3H3;1-2H3/b5-4-,7-6?,10-9+;. The van der Waals surface area contributed by atoms with Gasteiger partial charge in [0.15, 0.2) is 0 Å². The van der Waals surface area contributed by atoms with E-state index in [0.29, 0.717) is 0 Å². The fourth-order valence-electron chi connectivity index (χ4n) is 1.45. The zero-order valence-electron chi connectivity index (χ0n) is 12.8. The maximum absolute atomic E-state index is 4.14. The molecule has 0 spiro atoms. The van der Waals surface area contributed by atoms with Crippen LogP contribution in [0.25, 0.3) is 6.08 Å². The highest BCUT2D eigenvalue weighted by atomic mass is 15.1. The average Bonchev–Trinajstić information content (AvgIpc) is 2.45. The molecule has 1 rings (SSSR count). The summed E-state index contributed by atoms with van der Waals surface area (Å²) in [5, 5.41) is 0. The summed E-state index contributed by atoms with van der Waals surface area (Å²) in [7, 11) is 4.06. The van der Waals surface area contributed by atoms with Crippen molar-refractivity contribution in [2.24, 2.45) is 0 Å². The first kappa shape index (κ1) is 17.2. The Balaban J connectivity index is 0.00000154. The molecule has 0 aliphatic rings. The van der Waals surface area contributed by atoms with Gasteiger partial charge in [-0.3, -0.25) is 4.98 Å². The normalized spacial score (nSPS) is 11.0. The van der Waals surface area contributed by atoms with Crippen molar-refractivity contribution in [1.82, 2.24) is 4.98 Å². The van der Waals surface area contributed by atoms with Gasteiger partial charge in [0.25, 0.3) is 0 Å². The topological polar surface area (TPSA) is 16.1 Å². The van der Waals surface area contributed by atoms with E-state index in [1.54, 1.807) is 0 Å². The second-order valence-corrected chi connectivity index (χ2v) is 3.92. The van der Waals surface area contributed by atoms with E-state index in [2.05, 4.69) is 34.2 Å². The smallest absolute Gasteiger partial charge is 0.0620 e. The minimum Gasteiger partial charge on any atom is -0.376 e. The fraction of sp³-hybridized carbons (Fsp3) is 0.353.